The molecule has 0 aliphatic carbocycles. The van der Waals surface area contributed by atoms with E-state index in [1.165, 1.54) is 0 Å². The Balaban J connectivity index is 1.88. The quantitative estimate of drug-likeness (QED) is 0.561. The van der Waals surface area contributed by atoms with E-state index in [1.54, 1.807) is 30.3 Å². The van der Waals surface area contributed by atoms with E-state index >= 15 is 0 Å². The van der Waals surface area contributed by atoms with Gasteiger partial charge in [0.05, 0.1) is 37.4 Å². The van der Waals surface area contributed by atoms with E-state index in [0.29, 0.717) is 59.1 Å². The van der Waals surface area contributed by atoms with Gasteiger partial charge in [0, 0.05) is 10.9 Å². The topological polar surface area (TPSA) is 103 Å². The van der Waals surface area contributed by atoms with Crippen LogP contribution in [0.3, 0.4) is 0 Å². The van der Waals surface area contributed by atoms with Crippen LogP contribution in [0.5, 0.6) is 17.2 Å². The monoisotopic (exact) mass is 411 g/mol. The number of benzene rings is 2. The van der Waals surface area contributed by atoms with Crippen LogP contribution in [0.1, 0.15) is 36.8 Å². The number of aromatic nitrogens is 2. The second kappa shape index (κ2) is 9.78. The van der Waals surface area contributed by atoms with Crippen LogP contribution in [0.4, 0.5) is 0 Å². The molecule has 0 saturated heterocycles. The van der Waals surface area contributed by atoms with Crippen molar-refractivity contribution in [3.8, 4) is 17.2 Å². The van der Waals surface area contributed by atoms with Crippen LogP contribution in [-0.2, 0) is 6.54 Å². The molecule has 0 fully saturated rings. The van der Waals surface area contributed by atoms with Crippen molar-refractivity contribution >= 4 is 16.7 Å². The van der Waals surface area contributed by atoms with Crippen LogP contribution in [0.2, 0.25) is 0 Å². The molecule has 158 valence electrons. The van der Waals surface area contributed by atoms with Gasteiger partial charge in [0.1, 0.15) is 0 Å². The Hall–Kier alpha value is -3.55. The van der Waals surface area contributed by atoms with Gasteiger partial charge in [-0.15, -0.1) is 0 Å². The number of nitrogens with one attached hydrogen (secondary N) is 2. The summed E-state index contributed by atoms with van der Waals surface area (Å²) in [6.07, 6.45) is 0. The van der Waals surface area contributed by atoms with Crippen molar-refractivity contribution in [2.75, 3.05) is 19.8 Å². The molecule has 8 heteroatoms. The van der Waals surface area contributed by atoms with Crippen molar-refractivity contribution in [2.45, 2.75) is 27.3 Å². The first kappa shape index (κ1) is 21.2. The predicted octanol–water partition coefficient (Wildman–Crippen LogP) is 3.05. The van der Waals surface area contributed by atoms with Gasteiger partial charge in [-0.1, -0.05) is 18.2 Å². The van der Waals surface area contributed by atoms with E-state index in [-0.39, 0.29) is 18.0 Å². The maximum atomic E-state index is 12.8. The minimum Gasteiger partial charge on any atom is -0.490 e. The van der Waals surface area contributed by atoms with Crippen molar-refractivity contribution in [1.82, 2.24) is 15.5 Å². The van der Waals surface area contributed by atoms with Gasteiger partial charge in [-0.05, 0) is 39.0 Å². The molecule has 0 spiro atoms. The molecule has 0 aliphatic heterocycles. The first-order chi connectivity index (χ1) is 14.6. The number of hydrogen-bond donors (Lipinski definition) is 2. The predicted molar refractivity (Wildman–Crippen MR) is 113 cm³/mol. The molecule has 3 rings (SSSR count). The maximum Gasteiger partial charge on any atom is 0.272 e. The summed E-state index contributed by atoms with van der Waals surface area (Å²) in [6, 6.07) is 10.4. The molecule has 0 saturated carbocycles. The molecule has 0 radical (unpaired) electrons. The third-order valence-electron chi connectivity index (χ3n) is 4.36. The summed E-state index contributed by atoms with van der Waals surface area (Å²) in [4.78, 5) is 24.8. The number of rotatable bonds is 9. The number of nitrogens with zero attached hydrogens (tertiary/aromatic N) is 1. The molecule has 0 atom stereocenters. The summed E-state index contributed by atoms with van der Waals surface area (Å²) in [6.45, 7) is 7.01. The summed E-state index contributed by atoms with van der Waals surface area (Å²) in [5.74, 6) is 1.05. The zero-order valence-electron chi connectivity index (χ0n) is 17.3. The smallest absolute Gasteiger partial charge is 0.272 e. The lowest BCUT2D eigenvalue weighted by atomic mass is 10.1. The largest absolute Gasteiger partial charge is 0.490 e. The summed E-state index contributed by atoms with van der Waals surface area (Å²) >= 11 is 0. The van der Waals surface area contributed by atoms with Crippen LogP contribution in [0, 0.1) is 0 Å². The molecule has 1 amide bonds. The zero-order chi connectivity index (χ0) is 21.5. The van der Waals surface area contributed by atoms with Gasteiger partial charge < -0.3 is 19.5 Å². The molecule has 0 bridgehead atoms. The van der Waals surface area contributed by atoms with Crippen molar-refractivity contribution in [3.63, 3.8) is 0 Å². The molecule has 8 nitrogen and oxygen atoms in total. The third kappa shape index (κ3) is 4.53. The molecule has 2 aromatic carbocycles. The summed E-state index contributed by atoms with van der Waals surface area (Å²) in [7, 11) is 0. The highest BCUT2D eigenvalue weighted by Crippen LogP contribution is 2.39. The van der Waals surface area contributed by atoms with Crippen LogP contribution in [0.15, 0.2) is 41.2 Å². The summed E-state index contributed by atoms with van der Waals surface area (Å²) < 4.78 is 17.0. The van der Waals surface area contributed by atoms with Gasteiger partial charge in [0.2, 0.25) is 5.75 Å². The number of carbonyl (C=O) groups is 1. The van der Waals surface area contributed by atoms with E-state index in [2.05, 4.69) is 15.5 Å². The number of aromatic amines is 1. The van der Waals surface area contributed by atoms with Gasteiger partial charge in [-0.2, -0.15) is 5.10 Å². The lowest BCUT2D eigenvalue weighted by molar-refractivity contribution is 0.0949. The van der Waals surface area contributed by atoms with Crippen molar-refractivity contribution in [2.24, 2.45) is 0 Å². The number of ether oxygens (including phenoxy) is 3. The normalized spacial score (nSPS) is 10.6. The Bertz CT molecular complexity index is 1070. The van der Waals surface area contributed by atoms with Crippen molar-refractivity contribution < 1.29 is 19.0 Å². The van der Waals surface area contributed by atoms with Gasteiger partial charge in [0.25, 0.3) is 11.5 Å². The fraction of sp³-hybridized carbons (Fsp3) is 0.318. The summed E-state index contributed by atoms with van der Waals surface area (Å²) in [5, 5.41) is 10.6. The van der Waals surface area contributed by atoms with E-state index in [0.717, 1.165) is 0 Å². The van der Waals surface area contributed by atoms with Crippen molar-refractivity contribution in [1.29, 1.82) is 0 Å². The molecular formula is C22H25N3O5. The Kier molecular flexibility index (Phi) is 6.90. The Labute approximate surface area is 174 Å². The molecule has 30 heavy (non-hydrogen) atoms. The maximum absolute atomic E-state index is 12.8. The van der Waals surface area contributed by atoms with E-state index in [9.17, 15) is 9.59 Å². The van der Waals surface area contributed by atoms with Gasteiger partial charge in [-0.25, -0.2) is 5.10 Å². The molecule has 1 heterocycles. The van der Waals surface area contributed by atoms with E-state index in [4.69, 9.17) is 14.2 Å². The molecule has 1 aromatic heterocycles. The zero-order valence-corrected chi connectivity index (χ0v) is 17.3. The third-order valence-corrected chi connectivity index (χ3v) is 4.36. The highest BCUT2D eigenvalue weighted by Gasteiger charge is 2.18. The SMILES string of the molecule is CCOc1cc(C(=O)NCc2n[nH]c(=O)c3ccccc23)cc(OCC)c1OCC. The van der Waals surface area contributed by atoms with Crippen LogP contribution < -0.4 is 25.1 Å². The average Bonchev–Trinajstić information content (AvgIpc) is 2.75. The minimum absolute atomic E-state index is 0.150. The lowest BCUT2D eigenvalue weighted by Crippen LogP contribution is -2.25. The minimum atomic E-state index is -0.322. The van der Waals surface area contributed by atoms with Crippen LogP contribution >= 0.6 is 0 Å². The second-order valence-electron chi connectivity index (χ2n) is 6.33. The molecule has 2 N–H and O–H groups in total. The van der Waals surface area contributed by atoms with Crippen molar-refractivity contribution in [3.05, 3.63) is 58.0 Å². The highest BCUT2D eigenvalue weighted by molar-refractivity contribution is 5.96. The number of hydrogen-bond acceptors (Lipinski definition) is 6. The number of amides is 1. The Morgan fingerprint density at radius 1 is 0.967 bits per heavy atom. The lowest BCUT2D eigenvalue weighted by Gasteiger charge is -2.17. The van der Waals surface area contributed by atoms with Crippen LogP contribution in [0.25, 0.3) is 10.8 Å². The number of carbonyl (C=O) groups excluding carboxylic acids is 1. The molecule has 0 unspecified atom stereocenters. The second-order valence-corrected chi connectivity index (χ2v) is 6.33. The standard InChI is InChI=1S/C22H25N3O5/c1-4-28-18-11-14(12-19(29-5-2)20(18)30-6-3)21(26)23-13-17-15-9-7-8-10-16(15)22(27)25-24-17/h7-12H,4-6,13H2,1-3H3,(H,23,26)(H,25,27). The fourth-order valence-corrected chi connectivity index (χ4v) is 3.09. The first-order valence-corrected chi connectivity index (χ1v) is 9.89. The van der Waals surface area contributed by atoms with Gasteiger partial charge in [-0.3, -0.25) is 9.59 Å². The molecule has 3 aromatic rings. The van der Waals surface area contributed by atoms with E-state index < -0.39 is 0 Å². The Morgan fingerprint density at radius 3 is 2.17 bits per heavy atom. The van der Waals surface area contributed by atoms with Crippen LogP contribution in [-0.4, -0.2) is 35.9 Å². The molecule has 0 aliphatic rings. The average molecular weight is 411 g/mol. The van der Waals surface area contributed by atoms with Gasteiger partial charge in [0.15, 0.2) is 11.5 Å². The summed E-state index contributed by atoms with van der Waals surface area (Å²) in [5.41, 5.74) is 0.675. The Morgan fingerprint density at radius 2 is 1.57 bits per heavy atom. The molecular weight excluding hydrogens is 386 g/mol. The van der Waals surface area contributed by atoms with Gasteiger partial charge >= 0.3 is 0 Å². The number of fused-ring (bicyclic) bond motifs is 1. The number of H-pyrrole nitrogens is 1. The first-order valence-electron chi connectivity index (χ1n) is 9.89. The highest BCUT2D eigenvalue weighted by atomic mass is 16.5. The fourth-order valence-electron chi connectivity index (χ4n) is 3.09. The van der Waals surface area contributed by atoms with E-state index in [1.807, 2.05) is 26.8 Å².